The molecule has 0 aromatic heterocycles. The normalized spacial score (nSPS) is 10.2. The van der Waals surface area contributed by atoms with Gasteiger partial charge < -0.3 is 10.0 Å². The molecule has 0 heterocycles. The Kier molecular flexibility index (Phi) is 3.79. The number of hydrogen-bond donors (Lipinski definition) is 2. The van der Waals surface area contributed by atoms with Crippen molar-refractivity contribution in [3.05, 3.63) is 22.4 Å². The molecule has 0 atom stereocenters. The lowest BCUT2D eigenvalue weighted by molar-refractivity contribution is 0.422. The first-order chi connectivity index (χ1) is 6.07. The molecule has 70 valence electrons. The minimum absolute atomic E-state index is 0.104. The molecule has 0 unspecified atom stereocenters. The number of rotatable bonds is 2. The number of thioether (sulfide) groups is 1. The van der Waals surface area contributed by atoms with Gasteiger partial charge in [0.2, 0.25) is 0 Å². The summed E-state index contributed by atoms with van der Waals surface area (Å²) in [6, 6.07) is 2.92. The van der Waals surface area contributed by atoms with E-state index >= 15 is 0 Å². The van der Waals surface area contributed by atoms with Gasteiger partial charge in [-0.1, -0.05) is 6.07 Å². The zero-order chi connectivity index (χ0) is 10.0. The average Bonchev–Trinajstić information content (AvgIpc) is 2.04. The van der Waals surface area contributed by atoms with Crippen LogP contribution in [-0.4, -0.2) is 23.4 Å². The molecule has 0 aliphatic heterocycles. The van der Waals surface area contributed by atoms with Gasteiger partial charge in [0, 0.05) is 9.94 Å². The van der Waals surface area contributed by atoms with Crippen LogP contribution >= 0.6 is 27.7 Å². The van der Waals surface area contributed by atoms with Crippen LogP contribution in [0.1, 0.15) is 0 Å². The Morgan fingerprint density at radius 3 is 2.54 bits per heavy atom. The van der Waals surface area contributed by atoms with E-state index in [1.165, 1.54) is 17.8 Å². The Labute approximate surface area is 88.4 Å². The van der Waals surface area contributed by atoms with E-state index in [1.807, 2.05) is 0 Å². The van der Waals surface area contributed by atoms with Gasteiger partial charge in [-0.15, -0.1) is 11.8 Å². The molecule has 1 aromatic carbocycles. The van der Waals surface area contributed by atoms with Gasteiger partial charge in [-0.3, -0.25) is 0 Å². The molecular weight excluding hydrogens is 258 g/mol. The maximum Gasteiger partial charge on any atom is 0.491 e. The second-order valence-electron chi connectivity index (χ2n) is 2.36. The van der Waals surface area contributed by atoms with Crippen molar-refractivity contribution < 1.29 is 14.4 Å². The van der Waals surface area contributed by atoms with Gasteiger partial charge in [0.1, 0.15) is 5.82 Å². The summed E-state index contributed by atoms with van der Waals surface area (Å²) in [4.78, 5) is 0.380. The monoisotopic (exact) mass is 264 g/mol. The van der Waals surface area contributed by atoms with Gasteiger partial charge in [-0.2, -0.15) is 0 Å². The molecule has 0 aliphatic carbocycles. The summed E-state index contributed by atoms with van der Waals surface area (Å²) in [6.07, 6.45) is 1.72. The van der Waals surface area contributed by atoms with Gasteiger partial charge in [0.05, 0.1) is 4.90 Å². The molecule has 2 N–H and O–H groups in total. The molecule has 0 fully saturated rings. The Bertz CT molecular complexity index is 322. The van der Waals surface area contributed by atoms with Crippen LogP contribution in [0.3, 0.4) is 0 Å². The van der Waals surface area contributed by atoms with E-state index in [4.69, 9.17) is 10.0 Å². The van der Waals surface area contributed by atoms with Crippen molar-refractivity contribution in [2.24, 2.45) is 0 Å². The molecule has 0 amide bonds. The first-order valence-corrected chi connectivity index (χ1v) is 5.47. The molecule has 0 saturated carbocycles. The van der Waals surface area contributed by atoms with E-state index in [1.54, 1.807) is 12.3 Å². The predicted octanol–water partition coefficient (Wildman–Crippen LogP) is 0.990. The lowest BCUT2D eigenvalue weighted by Crippen LogP contribution is -2.33. The van der Waals surface area contributed by atoms with Crippen LogP contribution in [0.2, 0.25) is 0 Å². The van der Waals surface area contributed by atoms with Gasteiger partial charge in [0.25, 0.3) is 0 Å². The second-order valence-corrected chi connectivity index (χ2v) is 4.03. The van der Waals surface area contributed by atoms with Crippen molar-refractivity contribution in [1.29, 1.82) is 0 Å². The molecule has 1 aromatic rings. The third-order valence-electron chi connectivity index (χ3n) is 1.56. The van der Waals surface area contributed by atoms with Crippen LogP contribution in [0.4, 0.5) is 4.39 Å². The maximum absolute atomic E-state index is 13.4. The molecule has 2 nitrogen and oxygen atoms in total. The molecule has 0 saturated heterocycles. The summed E-state index contributed by atoms with van der Waals surface area (Å²) in [5, 5.41) is 17.6. The third-order valence-corrected chi connectivity index (χ3v) is 3.29. The van der Waals surface area contributed by atoms with Crippen LogP contribution in [-0.2, 0) is 0 Å². The highest BCUT2D eigenvalue weighted by molar-refractivity contribution is 9.10. The van der Waals surface area contributed by atoms with Crippen molar-refractivity contribution in [2.45, 2.75) is 4.90 Å². The molecule has 0 aliphatic rings. The Hall–Kier alpha value is -0.0351. The van der Waals surface area contributed by atoms with Crippen LogP contribution in [0, 0.1) is 5.82 Å². The fraction of sp³-hybridized carbons (Fsp3) is 0.143. The molecule has 1 rings (SSSR count). The Morgan fingerprint density at radius 2 is 2.08 bits per heavy atom. The highest BCUT2D eigenvalue weighted by Crippen LogP contribution is 2.27. The first-order valence-electron chi connectivity index (χ1n) is 3.46. The van der Waals surface area contributed by atoms with Crippen LogP contribution < -0.4 is 5.46 Å². The summed E-state index contributed by atoms with van der Waals surface area (Å²) in [6.45, 7) is 0. The maximum atomic E-state index is 13.4. The lowest BCUT2D eigenvalue weighted by atomic mass is 9.80. The highest BCUT2D eigenvalue weighted by Gasteiger charge is 2.20. The number of halogens is 2. The average molecular weight is 265 g/mol. The summed E-state index contributed by atoms with van der Waals surface area (Å²) >= 11 is 4.38. The standard InChI is InChI=1S/C7H7BBrFO2S/c1-13-7-5(9)3-2-4(6(7)10)8(11)12/h2-3,11-12H,1H3. The van der Waals surface area contributed by atoms with Gasteiger partial charge in [0.15, 0.2) is 0 Å². The van der Waals surface area contributed by atoms with Gasteiger partial charge in [-0.25, -0.2) is 4.39 Å². The predicted molar refractivity (Wildman–Crippen MR) is 55.7 cm³/mol. The topological polar surface area (TPSA) is 40.5 Å². The summed E-state index contributed by atoms with van der Waals surface area (Å²) in [5.41, 5.74) is -0.104. The number of hydrogen-bond acceptors (Lipinski definition) is 3. The molecule has 0 bridgehead atoms. The molecule has 0 spiro atoms. The summed E-state index contributed by atoms with van der Waals surface area (Å²) < 4.78 is 14.0. The molecule has 6 heteroatoms. The van der Waals surface area contributed by atoms with E-state index in [0.29, 0.717) is 9.37 Å². The van der Waals surface area contributed by atoms with Crippen molar-refractivity contribution in [1.82, 2.24) is 0 Å². The highest BCUT2D eigenvalue weighted by atomic mass is 79.9. The smallest absolute Gasteiger partial charge is 0.423 e. The lowest BCUT2D eigenvalue weighted by Gasteiger charge is -2.07. The SMILES string of the molecule is CSc1c(Br)ccc(B(O)O)c1F. The van der Waals surface area contributed by atoms with Crippen molar-refractivity contribution in [3.63, 3.8) is 0 Å². The van der Waals surface area contributed by atoms with Gasteiger partial charge in [-0.05, 0) is 28.3 Å². The first kappa shape index (κ1) is 11.0. The van der Waals surface area contributed by atoms with E-state index in [2.05, 4.69) is 15.9 Å². The second kappa shape index (κ2) is 4.46. The van der Waals surface area contributed by atoms with Crippen LogP contribution in [0.15, 0.2) is 21.5 Å². The molecule has 0 radical (unpaired) electrons. The fourth-order valence-electron chi connectivity index (χ4n) is 0.934. The van der Waals surface area contributed by atoms with E-state index in [0.717, 1.165) is 0 Å². The summed E-state index contributed by atoms with van der Waals surface area (Å²) in [5.74, 6) is -0.586. The fourth-order valence-corrected chi connectivity index (χ4v) is 2.29. The van der Waals surface area contributed by atoms with E-state index < -0.39 is 12.9 Å². The Balaban J connectivity index is 3.27. The zero-order valence-electron chi connectivity index (χ0n) is 6.79. The Morgan fingerprint density at radius 1 is 1.46 bits per heavy atom. The van der Waals surface area contributed by atoms with Crippen LogP contribution in [0.25, 0.3) is 0 Å². The van der Waals surface area contributed by atoms with E-state index in [-0.39, 0.29) is 5.46 Å². The number of benzene rings is 1. The largest absolute Gasteiger partial charge is 0.491 e. The molecular formula is C7H7BBrFO2S. The quantitative estimate of drug-likeness (QED) is 0.618. The van der Waals surface area contributed by atoms with Gasteiger partial charge >= 0.3 is 7.12 Å². The van der Waals surface area contributed by atoms with Crippen molar-refractivity contribution >= 4 is 40.3 Å². The van der Waals surface area contributed by atoms with Crippen molar-refractivity contribution in [2.75, 3.05) is 6.26 Å². The minimum atomic E-state index is -1.76. The molecule has 13 heavy (non-hydrogen) atoms. The van der Waals surface area contributed by atoms with Crippen LogP contribution in [0.5, 0.6) is 0 Å². The zero-order valence-corrected chi connectivity index (χ0v) is 9.19. The summed E-state index contributed by atoms with van der Waals surface area (Å²) in [7, 11) is -1.76. The van der Waals surface area contributed by atoms with E-state index in [9.17, 15) is 4.39 Å². The van der Waals surface area contributed by atoms with Crippen molar-refractivity contribution in [3.8, 4) is 0 Å². The minimum Gasteiger partial charge on any atom is -0.423 e. The third kappa shape index (κ3) is 2.25.